The summed E-state index contributed by atoms with van der Waals surface area (Å²) in [6.45, 7) is 7.27. The molecular formula is C27H29N2O+. The number of nitrogens with two attached hydrogens (primary N) is 1. The fourth-order valence-electron chi connectivity index (χ4n) is 4.42. The zero-order chi connectivity index (χ0) is 21.3. The third-order valence-corrected chi connectivity index (χ3v) is 5.85. The molecule has 30 heavy (non-hydrogen) atoms. The molecule has 0 bridgehead atoms. The first-order valence-corrected chi connectivity index (χ1v) is 10.4. The largest absolute Gasteiger partial charge is 0.494 e. The Labute approximate surface area is 179 Å². The summed E-state index contributed by atoms with van der Waals surface area (Å²) in [6.07, 6.45) is 2.26. The van der Waals surface area contributed by atoms with Gasteiger partial charge in [-0.25, -0.2) is 0 Å². The summed E-state index contributed by atoms with van der Waals surface area (Å²) >= 11 is 0. The third-order valence-electron chi connectivity index (χ3n) is 5.85. The lowest BCUT2D eigenvalue weighted by Crippen LogP contribution is -2.29. The Kier molecular flexibility index (Phi) is 5.21. The van der Waals surface area contributed by atoms with Crippen molar-refractivity contribution in [3.8, 4) is 5.75 Å². The highest BCUT2D eigenvalue weighted by molar-refractivity contribution is 6.30. The minimum atomic E-state index is -0.121. The van der Waals surface area contributed by atoms with Crippen LogP contribution in [0.15, 0.2) is 72.8 Å². The van der Waals surface area contributed by atoms with E-state index in [1.165, 1.54) is 22.5 Å². The molecule has 0 saturated heterocycles. The predicted molar refractivity (Wildman–Crippen MR) is 127 cm³/mol. The first-order chi connectivity index (χ1) is 14.4. The Balaban J connectivity index is 1.90. The lowest BCUT2D eigenvalue weighted by molar-refractivity contribution is -0.401. The molecule has 0 fully saturated rings. The summed E-state index contributed by atoms with van der Waals surface area (Å²) < 4.78 is 7.99. The first kappa shape index (κ1) is 20.0. The van der Waals surface area contributed by atoms with E-state index in [1.54, 1.807) is 0 Å². The second-order valence-electron chi connectivity index (χ2n) is 8.23. The molecule has 3 nitrogen and oxygen atoms in total. The van der Waals surface area contributed by atoms with Gasteiger partial charge in [0.25, 0.3) is 0 Å². The van der Waals surface area contributed by atoms with Crippen LogP contribution in [-0.2, 0) is 5.41 Å². The van der Waals surface area contributed by atoms with E-state index in [0.29, 0.717) is 6.61 Å². The maximum absolute atomic E-state index is 5.91. The molecule has 3 aromatic rings. The molecule has 0 aromatic heterocycles. The van der Waals surface area contributed by atoms with Crippen LogP contribution in [0.5, 0.6) is 5.75 Å². The number of rotatable bonds is 5. The van der Waals surface area contributed by atoms with Gasteiger partial charge in [0.15, 0.2) is 5.71 Å². The molecule has 3 heteroatoms. The molecule has 4 rings (SSSR count). The van der Waals surface area contributed by atoms with Crippen LogP contribution in [0, 0.1) is 0 Å². The zero-order valence-electron chi connectivity index (χ0n) is 18.1. The Morgan fingerprint density at radius 3 is 2.27 bits per heavy atom. The second kappa shape index (κ2) is 7.83. The maximum Gasteiger partial charge on any atom is 0.209 e. The van der Waals surface area contributed by atoms with Gasteiger partial charge >= 0.3 is 0 Å². The number of fused-ring (bicyclic) bond motifs is 1. The second-order valence-corrected chi connectivity index (χ2v) is 8.23. The van der Waals surface area contributed by atoms with Crippen molar-refractivity contribution >= 4 is 28.7 Å². The van der Waals surface area contributed by atoms with E-state index < -0.39 is 0 Å². The number of benzene rings is 3. The summed E-state index contributed by atoms with van der Waals surface area (Å²) in [5.41, 5.74) is 13.9. The molecule has 152 valence electrons. The highest BCUT2D eigenvalue weighted by atomic mass is 16.5. The van der Waals surface area contributed by atoms with E-state index >= 15 is 0 Å². The Morgan fingerprint density at radius 2 is 1.63 bits per heavy atom. The Bertz CT molecular complexity index is 1120. The van der Waals surface area contributed by atoms with Crippen LogP contribution in [0.25, 0.3) is 11.6 Å². The van der Waals surface area contributed by atoms with Crippen molar-refractivity contribution in [3.63, 3.8) is 0 Å². The highest BCUT2D eigenvalue weighted by Crippen LogP contribution is 2.43. The van der Waals surface area contributed by atoms with Gasteiger partial charge in [0, 0.05) is 17.3 Å². The topological polar surface area (TPSA) is 38.3 Å². The standard InChI is InChI=1S/C27H28N2O/c1-5-30-22-16-12-20(13-17-22)23(18-19-10-14-21(28)15-11-19)26-27(2,3)24-8-6-7-9-25(24)29(26)4/h6-18,28H,5H2,1-4H3/p+1. The minimum absolute atomic E-state index is 0.121. The van der Waals surface area contributed by atoms with Crippen molar-refractivity contribution < 1.29 is 9.31 Å². The maximum atomic E-state index is 5.91. The lowest BCUT2D eigenvalue weighted by Gasteiger charge is -2.20. The Hall–Kier alpha value is -3.33. The van der Waals surface area contributed by atoms with Gasteiger partial charge in [-0.15, -0.1) is 0 Å². The van der Waals surface area contributed by atoms with Crippen molar-refractivity contribution in [2.24, 2.45) is 0 Å². The van der Waals surface area contributed by atoms with E-state index in [9.17, 15) is 0 Å². The fraction of sp³-hybridized carbons (Fsp3) is 0.222. The number of anilines is 1. The number of nitrogens with zero attached hydrogens (tertiary/aromatic N) is 1. The van der Waals surface area contributed by atoms with Gasteiger partial charge in [0.2, 0.25) is 5.69 Å². The molecule has 0 aliphatic carbocycles. The van der Waals surface area contributed by atoms with Crippen LogP contribution in [0.1, 0.15) is 37.5 Å². The SMILES string of the molecule is CCOc1ccc(C(=Cc2ccc(N)cc2)C2=[N+](C)c3ccccc3C2(C)C)cc1. The molecule has 2 N–H and O–H groups in total. The number of nitrogen functional groups attached to an aromatic ring is 1. The van der Waals surface area contributed by atoms with Crippen LogP contribution < -0.4 is 10.5 Å². The monoisotopic (exact) mass is 397 g/mol. The summed E-state index contributed by atoms with van der Waals surface area (Å²) in [6, 6.07) is 25.1. The molecule has 0 unspecified atom stereocenters. The molecule has 0 saturated carbocycles. The van der Waals surface area contributed by atoms with Gasteiger partial charge in [-0.2, -0.15) is 4.58 Å². The zero-order valence-corrected chi connectivity index (χ0v) is 18.1. The van der Waals surface area contributed by atoms with Gasteiger partial charge in [-0.3, -0.25) is 0 Å². The number of allylic oxidation sites excluding steroid dienone is 1. The van der Waals surface area contributed by atoms with Crippen molar-refractivity contribution in [2.45, 2.75) is 26.2 Å². The summed E-state index contributed by atoms with van der Waals surface area (Å²) in [5, 5.41) is 0. The Morgan fingerprint density at radius 1 is 0.967 bits per heavy atom. The van der Waals surface area contributed by atoms with Crippen LogP contribution >= 0.6 is 0 Å². The van der Waals surface area contributed by atoms with Crippen LogP contribution in [0.3, 0.4) is 0 Å². The average molecular weight is 398 g/mol. The molecular weight excluding hydrogens is 368 g/mol. The van der Waals surface area contributed by atoms with Crippen molar-refractivity contribution in [1.29, 1.82) is 0 Å². The van der Waals surface area contributed by atoms with Gasteiger partial charge < -0.3 is 10.5 Å². The summed E-state index contributed by atoms with van der Waals surface area (Å²) in [7, 11) is 2.16. The molecule has 1 aliphatic rings. The summed E-state index contributed by atoms with van der Waals surface area (Å²) in [5.74, 6) is 0.889. The van der Waals surface area contributed by atoms with Gasteiger partial charge in [0.1, 0.15) is 12.8 Å². The van der Waals surface area contributed by atoms with E-state index in [1.807, 2.05) is 31.2 Å². The summed E-state index contributed by atoms with van der Waals surface area (Å²) in [4.78, 5) is 0. The van der Waals surface area contributed by atoms with E-state index in [-0.39, 0.29) is 5.41 Å². The molecule has 1 heterocycles. The minimum Gasteiger partial charge on any atom is -0.494 e. The average Bonchev–Trinajstić information content (AvgIpc) is 2.95. The quantitative estimate of drug-likeness (QED) is 0.330. The van der Waals surface area contributed by atoms with Crippen LogP contribution in [0.2, 0.25) is 0 Å². The van der Waals surface area contributed by atoms with Gasteiger partial charge in [0.05, 0.1) is 17.6 Å². The third kappa shape index (κ3) is 3.52. The van der Waals surface area contributed by atoms with Gasteiger partial charge in [-0.05, 0) is 62.2 Å². The normalized spacial score (nSPS) is 15.3. The fourth-order valence-corrected chi connectivity index (χ4v) is 4.42. The number of para-hydroxylation sites is 1. The van der Waals surface area contributed by atoms with Crippen molar-refractivity contribution in [2.75, 3.05) is 19.4 Å². The first-order valence-electron chi connectivity index (χ1n) is 10.4. The predicted octanol–water partition coefficient (Wildman–Crippen LogP) is 5.91. The molecule has 0 atom stereocenters. The van der Waals surface area contributed by atoms with Crippen LogP contribution in [-0.4, -0.2) is 23.9 Å². The molecule has 0 spiro atoms. The smallest absolute Gasteiger partial charge is 0.209 e. The van der Waals surface area contributed by atoms with E-state index in [2.05, 4.69) is 80.1 Å². The van der Waals surface area contributed by atoms with E-state index in [4.69, 9.17) is 10.5 Å². The number of ether oxygens (including phenoxy) is 1. The van der Waals surface area contributed by atoms with Gasteiger partial charge in [-0.1, -0.05) is 42.5 Å². The molecule has 3 aromatic carbocycles. The molecule has 0 amide bonds. The van der Waals surface area contributed by atoms with Crippen molar-refractivity contribution in [3.05, 3.63) is 89.5 Å². The highest BCUT2D eigenvalue weighted by Gasteiger charge is 2.46. The van der Waals surface area contributed by atoms with E-state index in [0.717, 1.165) is 22.6 Å². The van der Waals surface area contributed by atoms with Crippen molar-refractivity contribution in [1.82, 2.24) is 0 Å². The lowest BCUT2D eigenvalue weighted by atomic mass is 9.77. The molecule has 1 aliphatic heterocycles. The molecule has 0 radical (unpaired) electrons. The number of hydrogen-bond acceptors (Lipinski definition) is 2. The number of hydrogen-bond donors (Lipinski definition) is 1. The van der Waals surface area contributed by atoms with Crippen LogP contribution in [0.4, 0.5) is 11.4 Å².